The summed E-state index contributed by atoms with van der Waals surface area (Å²) in [6.07, 6.45) is 0. The molecule has 1 atom stereocenters. The predicted molar refractivity (Wildman–Crippen MR) is 114 cm³/mol. The third-order valence-electron chi connectivity index (χ3n) is 5.15. The molecule has 7 nitrogen and oxygen atoms in total. The van der Waals surface area contributed by atoms with Crippen molar-refractivity contribution in [1.29, 1.82) is 0 Å². The van der Waals surface area contributed by atoms with E-state index in [9.17, 15) is 9.59 Å². The van der Waals surface area contributed by atoms with Gasteiger partial charge in [-0.1, -0.05) is 32.0 Å². The topological polar surface area (TPSA) is 83.8 Å². The second-order valence-corrected chi connectivity index (χ2v) is 6.88. The van der Waals surface area contributed by atoms with Crippen LogP contribution in [0, 0.1) is 0 Å². The number of nitrogens with zero attached hydrogens (tertiary/aromatic N) is 1. The monoisotopic (exact) mass is 397 g/mol. The molecule has 7 heteroatoms. The number of anilines is 1. The summed E-state index contributed by atoms with van der Waals surface area (Å²) in [5, 5.41) is 7.16. The first-order chi connectivity index (χ1) is 14.0. The van der Waals surface area contributed by atoms with Crippen molar-refractivity contribution in [2.75, 3.05) is 32.1 Å². The molecular weight excluding hydrogens is 370 g/mol. The molecule has 2 amide bonds. The van der Waals surface area contributed by atoms with E-state index in [2.05, 4.69) is 29.4 Å². The molecule has 0 bridgehead atoms. The number of likely N-dealkylation sites (N-methyl/N-ethyl adjacent to an activating group) is 1. The molecular formula is C22H27N3O4. The van der Waals surface area contributed by atoms with Gasteiger partial charge in [0.05, 0.1) is 12.8 Å². The number of ether oxygens (including phenoxy) is 1. The van der Waals surface area contributed by atoms with Gasteiger partial charge in [-0.3, -0.25) is 14.5 Å². The summed E-state index contributed by atoms with van der Waals surface area (Å²) >= 11 is 0. The number of nitrogens with one attached hydrogen (secondary N) is 2. The summed E-state index contributed by atoms with van der Waals surface area (Å²) in [4.78, 5) is 26.8. The fourth-order valence-corrected chi connectivity index (χ4v) is 3.49. The van der Waals surface area contributed by atoms with E-state index in [0.717, 1.165) is 29.4 Å². The molecule has 0 aliphatic carbocycles. The predicted octanol–water partition coefficient (Wildman–Crippen LogP) is 3.38. The van der Waals surface area contributed by atoms with Gasteiger partial charge in [0.2, 0.25) is 0 Å². The summed E-state index contributed by atoms with van der Waals surface area (Å²) in [6, 6.07) is 11.3. The number of benzene rings is 2. The first-order valence-electron chi connectivity index (χ1n) is 9.80. The number of furan rings is 1. The molecule has 0 radical (unpaired) electrons. The molecule has 0 saturated heterocycles. The Kier molecular flexibility index (Phi) is 6.39. The molecule has 29 heavy (non-hydrogen) atoms. The zero-order valence-corrected chi connectivity index (χ0v) is 17.2. The van der Waals surface area contributed by atoms with Gasteiger partial charge >= 0.3 is 11.8 Å². The minimum atomic E-state index is -0.745. The maximum absolute atomic E-state index is 12.4. The highest BCUT2D eigenvalue weighted by molar-refractivity contribution is 6.39. The lowest BCUT2D eigenvalue weighted by molar-refractivity contribution is -0.136. The van der Waals surface area contributed by atoms with Crippen molar-refractivity contribution >= 4 is 39.4 Å². The van der Waals surface area contributed by atoms with Crippen LogP contribution in [0.3, 0.4) is 0 Å². The number of hydrogen-bond acceptors (Lipinski definition) is 5. The van der Waals surface area contributed by atoms with E-state index in [1.165, 1.54) is 7.11 Å². The Morgan fingerprint density at radius 2 is 1.79 bits per heavy atom. The number of carbonyl (C=O) groups is 2. The summed E-state index contributed by atoms with van der Waals surface area (Å²) in [5.74, 6) is -0.969. The summed E-state index contributed by atoms with van der Waals surface area (Å²) in [5.41, 5.74) is 1.74. The molecule has 0 unspecified atom stereocenters. The molecule has 0 aliphatic rings. The molecule has 3 aromatic rings. The van der Waals surface area contributed by atoms with E-state index in [1.54, 1.807) is 12.1 Å². The van der Waals surface area contributed by atoms with E-state index in [-0.39, 0.29) is 6.04 Å². The summed E-state index contributed by atoms with van der Waals surface area (Å²) in [7, 11) is 1.52. The summed E-state index contributed by atoms with van der Waals surface area (Å²) < 4.78 is 11.3. The van der Waals surface area contributed by atoms with Crippen molar-refractivity contribution in [2.45, 2.75) is 26.8 Å². The van der Waals surface area contributed by atoms with Crippen LogP contribution in [0.2, 0.25) is 0 Å². The highest BCUT2D eigenvalue weighted by Gasteiger charge is 2.19. The van der Waals surface area contributed by atoms with Crippen molar-refractivity contribution in [3.05, 3.63) is 36.4 Å². The largest absolute Gasteiger partial charge is 0.495 e. The molecule has 1 heterocycles. The molecule has 0 saturated carbocycles. The van der Waals surface area contributed by atoms with Crippen LogP contribution in [0.5, 0.6) is 5.75 Å². The van der Waals surface area contributed by atoms with Crippen LogP contribution in [0.1, 0.15) is 20.8 Å². The SMILES string of the molecule is CCN(CC)[C@@H](C)CNC(=O)C(=O)Nc1cc2oc3ccccc3c2cc1OC. The zero-order valence-electron chi connectivity index (χ0n) is 17.2. The van der Waals surface area contributed by atoms with Crippen LogP contribution in [0.15, 0.2) is 40.8 Å². The van der Waals surface area contributed by atoms with Gasteiger partial charge in [-0.15, -0.1) is 0 Å². The van der Waals surface area contributed by atoms with E-state index in [4.69, 9.17) is 9.15 Å². The fourth-order valence-electron chi connectivity index (χ4n) is 3.49. The Morgan fingerprint density at radius 3 is 2.48 bits per heavy atom. The van der Waals surface area contributed by atoms with Gasteiger partial charge in [0, 0.05) is 29.4 Å². The number of methoxy groups -OCH3 is 1. The highest BCUT2D eigenvalue weighted by atomic mass is 16.5. The Bertz CT molecular complexity index is 1020. The lowest BCUT2D eigenvalue weighted by atomic mass is 10.1. The Morgan fingerprint density at radius 1 is 1.07 bits per heavy atom. The molecule has 0 aliphatic heterocycles. The molecule has 3 rings (SSSR count). The number of rotatable bonds is 7. The van der Waals surface area contributed by atoms with E-state index >= 15 is 0 Å². The molecule has 0 spiro atoms. The first-order valence-corrected chi connectivity index (χ1v) is 9.80. The van der Waals surface area contributed by atoms with Crippen molar-refractivity contribution in [1.82, 2.24) is 10.2 Å². The van der Waals surface area contributed by atoms with Crippen molar-refractivity contribution in [3.8, 4) is 5.75 Å². The Labute approximate surface area is 170 Å². The van der Waals surface area contributed by atoms with Crippen LogP contribution in [0.4, 0.5) is 5.69 Å². The number of amides is 2. The van der Waals surface area contributed by atoms with Gasteiger partial charge in [0.1, 0.15) is 16.9 Å². The van der Waals surface area contributed by atoms with Gasteiger partial charge in [0.15, 0.2) is 0 Å². The maximum atomic E-state index is 12.4. The molecule has 154 valence electrons. The van der Waals surface area contributed by atoms with Crippen molar-refractivity contribution in [2.24, 2.45) is 0 Å². The highest BCUT2D eigenvalue weighted by Crippen LogP contribution is 2.36. The first kappa shape index (κ1) is 20.7. The smallest absolute Gasteiger partial charge is 0.313 e. The average Bonchev–Trinajstić information content (AvgIpc) is 3.09. The molecule has 1 aromatic heterocycles. The second-order valence-electron chi connectivity index (χ2n) is 6.88. The maximum Gasteiger partial charge on any atom is 0.313 e. The third-order valence-corrected chi connectivity index (χ3v) is 5.15. The number of carbonyl (C=O) groups excluding carboxylic acids is 2. The Balaban J connectivity index is 1.75. The molecule has 2 N–H and O–H groups in total. The standard InChI is InChI=1S/C22H27N3O4/c1-5-25(6-2)14(3)13-23-21(26)22(27)24-17-12-19-16(11-20(17)28-4)15-9-7-8-10-18(15)29-19/h7-12,14H,5-6,13H2,1-4H3,(H,23,26)(H,24,27)/t14-/m0/s1. The molecule has 0 fully saturated rings. The van der Waals surface area contributed by atoms with Crippen LogP contribution in [0.25, 0.3) is 21.9 Å². The van der Waals surface area contributed by atoms with E-state index < -0.39 is 11.8 Å². The number of para-hydroxylation sites is 1. The van der Waals surface area contributed by atoms with Gasteiger partial charge in [0.25, 0.3) is 0 Å². The van der Waals surface area contributed by atoms with Crippen LogP contribution in [-0.4, -0.2) is 49.5 Å². The quantitative estimate of drug-likeness (QED) is 0.597. The normalized spacial score (nSPS) is 12.3. The fraction of sp³-hybridized carbons (Fsp3) is 0.364. The minimum absolute atomic E-state index is 0.142. The van der Waals surface area contributed by atoms with Gasteiger partial charge in [-0.2, -0.15) is 0 Å². The van der Waals surface area contributed by atoms with Gasteiger partial charge in [-0.25, -0.2) is 0 Å². The third kappa shape index (κ3) is 4.35. The van der Waals surface area contributed by atoms with Crippen molar-refractivity contribution in [3.63, 3.8) is 0 Å². The van der Waals surface area contributed by atoms with Gasteiger partial charge in [-0.05, 0) is 32.1 Å². The van der Waals surface area contributed by atoms with E-state index in [1.807, 2.05) is 31.2 Å². The second kappa shape index (κ2) is 8.96. The lowest BCUT2D eigenvalue weighted by Crippen LogP contribution is -2.45. The van der Waals surface area contributed by atoms with Crippen LogP contribution in [-0.2, 0) is 9.59 Å². The molecule has 2 aromatic carbocycles. The Hall–Kier alpha value is -3.06. The number of hydrogen-bond donors (Lipinski definition) is 2. The van der Waals surface area contributed by atoms with Gasteiger partial charge < -0.3 is 19.8 Å². The lowest BCUT2D eigenvalue weighted by Gasteiger charge is -2.26. The van der Waals surface area contributed by atoms with Crippen LogP contribution >= 0.6 is 0 Å². The van der Waals surface area contributed by atoms with Crippen molar-refractivity contribution < 1.29 is 18.7 Å². The van der Waals surface area contributed by atoms with E-state index in [0.29, 0.717) is 23.6 Å². The van der Waals surface area contributed by atoms with Crippen LogP contribution < -0.4 is 15.4 Å². The zero-order chi connectivity index (χ0) is 21.0. The average molecular weight is 397 g/mol. The number of fused-ring (bicyclic) bond motifs is 3. The summed E-state index contributed by atoms with van der Waals surface area (Å²) in [6.45, 7) is 8.31. The minimum Gasteiger partial charge on any atom is -0.495 e.